The second kappa shape index (κ2) is 8.92. The predicted molar refractivity (Wildman–Crippen MR) is 118 cm³/mol. The first kappa shape index (κ1) is 20.5. The van der Waals surface area contributed by atoms with Gasteiger partial charge in [0.25, 0.3) is 0 Å². The molecule has 31 heavy (non-hydrogen) atoms. The summed E-state index contributed by atoms with van der Waals surface area (Å²) < 4.78 is 5.93. The van der Waals surface area contributed by atoms with Crippen LogP contribution in [0, 0.1) is 0 Å². The molecule has 1 aromatic heterocycles. The lowest BCUT2D eigenvalue weighted by molar-refractivity contribution is -0.124. The molecule has 158 valence electrons. The molecule has 4 rings (SSSR count). The highest BCUT2D eigenvalue weighted by atomic mass is 32.1. The number of thiazole rings is 1. The zero-order chi connectivity index (χ0) is 21.8. The number of guanidine groups is 1. The summed E-state index contributed by atoms with van der Waals surface area (Å²) in [6.45, 7) is 2.01. The number of aliphatic imine (C=N–C) groups is 1. The van der Waals surface area contributed by atoms with Gasteiger partial charge in [0.2, 0.25) is 17.8 Å². The van der Waals surface area contributed by atoms with Gasteiger partial charge in [-0.15, -0.1) is 0 Å². The number of nitrogens with zero attached hydrogens (tertiary/aromatic N) is 2. The van der Waals surface area contributed by atoms with Gasteiger partial charge in [0.15, 0.2) is 5.13 Å². The lowest BCUT2D eigenvalue weighted by Gasteiger charge is -2.20. The SMILES string of the molecule is CCOC(=O)c1ccc(NC(=O)[C@H]2CC(=O)NC(Nc3nc4ccccc4s3)=N2)cc1. The first-order valence-electron chi connectivity index (χ1n) is 9.60. The van der Waals surface area contributed by atoms with E-state index < -0.39 is 17.9 Å². The van der Waals surface area contributed by atoms with Crippen LogP contribution in [0.3, 0.4) is 0 Å². The van der Waals surface area contributed by atoms with E-state index in [-0.39, 0.29) is 24.9 Å². The number of amides is 2. The van der Waals surface area contributed by atoms with Crippen molar-refractivity contribution in [3.63, 3.8) is 0 Å². The van der Waals surface area contributed by atoms with Gasteiger partial charge >= 0.3 is 5.97 Å². The quantitative estimate of drug-likeness (QED) is 0.528. The summed E-state index contributed by atoms with van der Waals surface area (Å²) in [6.07, 6.45) is -0.0717. The molecular weight excluding hydrogens is 418 g/mol. The van der Waals surface area contributed by atoms with E-state index in [1.807, 2.05) is 24.3 Å². The van der Waals surface area contributed by atoms with Gasteiger partial charge in [0, 0.05) is 5.69 Å². The molecule has 0 bridgehead atoms. The standard InChI is InChI=1S/C21H19N5O4S/c1-2-30-19(29)12-7-9-13(10-8-12)22-18(28)15-11-17(27)25-20(23-15)26-21-24-14-5-3-4-6-16(14)31-21/h3-10,15H,2,11H2,1H3,(H,22,28)(H2,23,24,25,26,27)/t15-/m1/s1. The van der Waals surface area contributed by atoms with E-state index in [9.17, 15) is 14.4 Å². The van der Waals surface area contributed by atoms with Gasteiger partial charge in [0.05, 0.1) is 28.8 Å². The molecule has 0 radical (unpaired) electrons. The van der Waals surface area contributed by atoms with Gasteiger partial charge < -0.3 is 15.4 Å². The molecule has 9 nitrogen and oxygen atoms in total. The summed E-state index contributed by atoms with van der Waals surface area (Å²) in [5.74, 6) is -1.01. The second-order valence-electron chi connectivity index (χ2n) is 6.64. The van der Waals surface area contributed by atoms with Crippen molar-refractivity contribution in [2.45, 2.75) is 19.4 Å². The summed E-state index contributed by atoms with van der Waals surface area (Å²) in [5, 5.41) is 8.88. The summed E-state index contributed by atoms with van der Waals surface area (Å²) in [6, 6.07) is 13.1. The number of carbonyl (C=O) groups excluding carboxylic acids is 3. The van der Waals surface area contributed by atoms with E-state index in [1.54, 1.807) is 31.2 Å². The zero-order valence-electron chi connectivity index (χ0n) is 16.5. The molecule has 0 saturated carbocycles. The molecule has 0 saturated heterocycles. The topological polar surface area (TPSA) is 122 Å². The molecule has 3 aromatic rings. The van der Waals surface area contributed by atoms with E-state index >= 15 is 0 Å². The molecule has 2 amide bonds. The number of aromatic nitrogens is 1. The first-order valence-corrected chi connectivity index (χ1v) is 10.4. The van der Waals surface area contributed by atoms with E-state index in [2.05, 4.69) is 25.9 Å². The third kappa shape index (κ3) is 4.86. The van der Waals surface area contributed by atoms with Crippen LogP contribution in [0.15, 0.2) is 53.5 Å². The highest BCUT2D eigenvalue weighted by Crippen LogP contribution is 2.25. The maximum atomic E-state index is 12.6. The fourth-order valence-corrected chi connectivity index (χ4v) is 3.83. The summed E-state index contributed by atoms with van der Waals surface area (Å²) in [7, 11) is 0. The lowest BCUT2D eigenvalue weighted by atomic mass is 10.1. The Balaban J connectivity index is 1.44. The van der Waals surface area contributed by atoms with Crippen LogP contribution >= 0.6 is 11.3 Å². The molecule has 10 heteroatoms. The minimum atomic E-state index is -0.893. The number of rotatable bonds is 5. The molecule has 1 aliphatic rings. The number of hydrogen-bond acceptors (Lipinski definition) is 8. The Hall–Kier alpha value is -3.79. The van der Waals surface area contributed by atoms with E-state index in [0.29, 0.717) is 16.4 Å². The lowest BCUT2D eigenvalue weighted by Crippen LogP contribution is -2.45. The molecule has 1 aliphatic heterocycles. The van der Waals surface area contributed by atoms with Crippen LogP contribution in [0.5, 0.6) is 0 Å². The van der Waals surface area contributed by atoms with E-state index in [0.717, 1.165) is 10.2 Å². The predicted octanol–water partition coefficient (Wildman–Crippen LogP) is 2.77. The number of fused-ring (bicyclic) bond motifs is 1. The van der Waals surface area contributed by atoms with Crippen molar-refractivity contribution in [3.05, 3.63) is 54.1 Å². The Kier molecular flexibility index (Phi) is 5.89. The van der Waals surface area contributed by atoms with Gasteiger partial charge in [0.1, 0.15) is 6.04 Å². The van der Waals surface area contributed by atoms with Crippen molar-refractivity contribution in [3.8, 4) is 0 Å². The molecule has 0 aliphatic carbocycles. The Labute approximate surface area is 181 Å². The Morgan fingerprint density at radius 3 is 2.71 bits per heavy atom. The van der Waals surface area contributed by atoms with Crippen molar-refractivity contribution < 1.29 is 19.1 Å². The number of carbonyl (C=O) groups is 3. The molecular formula is C21H19N5O4S. The monoisotopic (exact) mass is 437 g/mol. The van der Waals surface area contributed by atoms with Crippen molar-refractivity contribution in [1.82, 2.24) is 10.3 Å². The number of esters is 1. The van der Waals surface area contributed by atoms with Gasteiger partial charge in [-0.25, -0.2) is 14.8 Å². The number of hydrogen-bond donors (Lipinski definition) is 3. The highest BCUT2D eigenvalue weighted by Gasteiger charge is 2.27. The molecule has 2 heterocycles. The maximum Gasteiger partial charge on any atom is 0.338 e. The molecule has 0 spiro atoms. The molecule has 2 aromatic carbocycles. The zero-order valence-corrected chi connectivity index (χ0v) is 17.4. The van der Waals surface area contributed by atoms with Crippen LogP contribution in [0.4, 0.5) is 10.8 Å². The average Bonchev–Trinajstić information content (AvgIpc) is 3.16. The van der Waals surface area contributed by atoms with Crippen molar-refractivity contribution in [1.29, 1.82) is 0 Å². The van der Waals surface area contributed by atoms with Crippen LogP contribution in [0.25, 0.3) is 10.2 Å². The minimum Gasteiger partial charge on any atom is -0.462 e. The van der Waals surface area contributed by atoms with Crippen LogP contribution in [0.2, 0.25) is 0 Å². The third-order valence-corrected chi connectivity index (χ3v) is 5.36. The minimum absolute atomic E-state index is 0.0717. The van der Waals surface area contributed by atoms with E-state index in [1.165, 1.54) is 11.3 Å². The smallest absolute Gasteiger partial charge is 0.338 e. The van der Waals surface area contributed by atoms with Crippen molar-refractivity contribution in [2.75, 3.05) is 17.2 Å². The second-order valence-corrected chi connectivity index (χ2v) is 7.68. The van der Waals surface area contributed by atoms with Gasteiger partial charge in [-0.05, 0) is 43.3 Å². The van der Waals surface area contributed by atoms with Gasteiger partial charge in [-0.3, -0.25) is 14.9 Å². The number of anilines is 2. The normalized spacial score (nSPS) is 15.7. The van der Waals surface area contributed by atoms with Gasteiger partial charge in [-0.2, -0.15) is 0 Å². The molecule has 3 N–H and O–H groups in total. The van der Waals surface area contributed by atoms with Gasteiger partial charge in [-0.1, -0.05) is 23.5 Å². The van der Waals surface area contributed by atoms with Crippen LogP contribution in [-0.4, -0.2) is 41.4 Å². The van der Waals surface area contributed by atoms with Crippen LogP contribution in [-0.2, 0) is 14.3 Å². The maximum absolute atomic E-state index is 12.6. The molecule has 0 fully saturated rings. The Morgan fingerprint density at radius 1 is 1.19 bits per heavy atom. The summed E-state index contributed by atoms with van der Waals surface area (Å²) in [5.41, 5.74) is 1.70. The molecule has 1 atom stereocenters. The Bertz CT molecular complexity index is 1140. The largest absolute Gasteiger partial charge is 0.462 e. The van der Waals surface area contributed by atoms with Crippen molar-refractivity contribution in [2.24, 2.45) is 4.99 Å². The number of nitrogens with one attached hydrogen (secondary N) is 3. The number of benzene rings is 2. The fourth-order valence-electron chi connectivity index (χ4n) is 2.96. The number of ether oxygens (including phenoxy) is 1. The fraction of sp³-hybridized carbons (Fsp3) is 0.190. The highest BCUT2D eigenvalue weighted by molar-refractivity contribution is 7.22. The average molecular weight is 437 g/mol. The number of para-hydroxylation sites is 1. The first-order chi connectivity index (χ1) is 15.0. The van der Waals surface area contributed by atoms with Crippen LogP contribution < -0.4 is 16.0 Å². The summed E-state index contributed by atoms with van der Waals surface area (Å²) in [4.78, 5) is 45.2. The van der Waals surface area contributed by atoms with Crippen molar-refractivity contribution >= 4 is 56.1 Å². The Morgan fingerprint density at radius 2 is 1.97 bits per heavy atom. The molecule has 0 unspecified atom stereocenters. The van der Waals surface area contributed by atoms with E-state index in [4.69, 9.17) is 4.74 Å². The van der Waals surface area contributed by atoms with Crippen LogP contribution in [0.1, 0.15) is 23.7 Å². The third-order valence-electron chi connectivity index (χ3n) is 4.41. The summed E-state index contributed by atoms with van der Waals surface area (Å²) >= 11 is 1.42.